The van der Waals surface area contributed by atoms with Crippen LogP contribution < -0.4 is 15.8 Å². The van der Waals surface area contributed by atoms with Crippen LogP contribution in [0.25, 0.3) is 0 Å². The first kappa shape index (κ1) is 29.3. The zero-order valence-electron chi connectivity index (χ0n) is 22.2. The molecule has 0 saturated carbocycles. The largest absolute Gasteiger partial charge is 0.497 e. The lowest BCUT2D eigenvalue weighted by Gasteiger charge is -2.34. The second-order valence-corrected chi connectivity index (χ2v) is 8.86. The summed E-state index contributed by atoms with van der Waals surface area (Å²) in [6.45, 7) is 14.6. The molecule has 1 unspecified atom stereocenters. The lowest BCUT2D eigenvalue weighted by Crippen LogP contribution is -2.44. The summed E-state index contributed by atoms with van der Waals surface area (Å²) in [6, 6.07) is 8.63. The Kier molecular flexibility index (Phi) is 15.8. The molecule has 0 bridgehead atoms. The maximum absolute atomic E-state index is 6.67. The first-order valence-corrected chi connectivity index (χ1v) is 13.1. The highest BCUT2D eigenvalue weighted by Gasteiger charge is 2.21. The van der Waals surface area contributed by atoms with E-state index in [4.69, 9.17) is 10.5 Å². The number of rotatable bonds is 11. The summed E-state index contributed by atoms with van der Waals surface area (Å²) in [4.78, 5) is 6.99. The molecule has 5 heteroatoms. The van der Waals surface area contributed by atoms with Crippen LogP contribution >= 0.6 is 0 Å². The first-order valence-electron chi connectivity index (χ1n) is 13.1. The van der Waals surface area contributed by atoms with Crippen LogP contribution in [0.5, 0.6) is 5.75 Å². The molecular weight excluding hydrogens is 408 g/mol. The molecule has 188 valence electrons. The van der Waals surface area contributed by atoms with E-state index in [-0.39, 0.29) is 6.04 Å². The number of nitrogens with two attached hydrogens (primary N) is 1. The van der Waals surface area contributed by atoms with Crippen molar-refractivity contribution in [2.75, 3.05) is 33.3 Å². The van der Waals surface area contributed by atoms with Crippen molar-refractivity contribution in [2.45, 2.75) is 91.6 Å². The Morgan fingerprint density at radius 1 is 1.09 bits per heavy atom. The fourth-order valence-corrected chi connectivity index (χ4v) is 4.23. The third-order valence-electron chi connectivity index (χ3n) is 6.23. The summed E-state index contributed by atoms with van der Waals surface area (Å²) in [7, 11) is 1.69. The van der Waals surface area contributed by atoms with Crippen LogP contribution in [0.4, 0.5) is 0 Å². The first-order chi connectivity index (χ1) is 16.0. The van der Waals surface area contributed by atoms with E-state index in [2.05, 4.69) is 41.2 Å². The second kappa shape index (κ2) is 17.7. The summed E-state index contributed by atoms with van der Waals surface area (Å²) >= 11 is 0. The number of nitrogens with zero attached hydrogens (tertiary/aromatic N) is 2. The van der Waals surface area contributed by atoms with Gasteiger partial charge in [-0.3, -0.25) is 4.98 Å². The molecule has 5 nitrogen and oxygen atoms in total. The fraction of sp³-hybridized carbons (Fsp3) is 0.679. The van der Waals surface area contributed by atoms with Crippen LogP contribution in [0.15, 0.2) is 30.5 Å². The smallest absolute Gasteiger partial charge is 0.119 e. The van der Waals surface area contributed by atoms with Crippen LogP contribution in [0.1, 0.15) is 88.6 Å². The van der Waals surface area contributed by atoms with Crippen molar-refractivity contribution in [1.82, 2.24) is 15.2 Å². The molecule has 0 spiro atoms. The maximum atomic E-state index is 6.67. The Morgan fingerprint density at radius 3 is 2.45 bits per heavy atom. The van der Waals surface area contributed by atoms with E-state index < -0.39 is 0 Å². The zero-order chi connectivity index (χ0) is 24.5. The molecule has 33 heavy (non-hydrogen) atoms. The van der Waals surface area contributed by atoms with E-state index in [0.717, 1.165) is 48.7 Å². The Hall–Kier alpha value is -1.69. The summed E-state index contributed by atoms with van der Waals surface area (Å²) in [6.07, 6.45) is 11.0. The van der Waals surface area contributed by atoms with Crippen molar-refractivity contribution in [1.29, 1.82) is 0 Å². The number of hydrogen-bond acceptors (Lipinski definition) is 5. The molecular formula is C28H50N4O. The van der Waals surface area contributed by atoms with Crippen molar-refractivity contribution >= 4 is 0 Å². The molecule has 1 aliphatic heterocycles. The van der Waals surface area contributed by atoms with Crippen LogP contribution in [-0.2, 0) is 0 Å². The normalized spacial score (nSPS) is 15.2. The van der Waals surface area contributed by atoms with Crippen LogP contribution in [-0.4, -0.2) is 49.2 Å². The van der Waals surface area contributed by atoms with Gasteiger partial charge in [-0.2, -0.15) is 0 Å². The number of piperidine rings is 1. The predicted molar refractivity (Wildman–Crippen MR) is 142 cm³/mol. The number of hydrogen-bond donors (Lipinski definition) is 2. The van der Waals surface area contributed by atoms with Crippen molar-refractivity contribution in [3.05, 3.63) is 47.3 Å². The van der Waals surface area contributed by atoms with Gasteiger partial charge >= 0.3 is 0 Å². The summed E-state index contributed by atoms with van der Waals surface area (Å²) in [5.74, 6) is 0.814. The standard InChI is InChI=1S/C26H44N4O.C2H6/c1-5-6-7-8-9-15-29-23-13-17-30(18-14-23)20-26(27)25-12-16-28-22(3)10-11-24(31-4)19-21(25)2;1-2/h10-12,16,19,23,26,29H,5-9,13-15,17-18,20,27H2,1-4H3;1-2H3. The molecule has 2 rings (SSSR count). The molecule has 1 aromatic heterocycles. The Morgan fingerprint density at radius 2 is 1.79 bits per heavy atom. The van der Waals surface area contributed by atoms with E-state index in [1.54, 1.807) is 7.11 Å². The van der Waals surface area contributed by atoms with Crippen molar-refractivity contribution in [3.8, 4) is 5.75 Å². The van der Waals surface area contributed by atoms with Gasteiger partial charge in [0.15, 0.2) is 0 Å². The predicted octanol–water partition coefficient (Wildman–Crippen LogP) is 5.88. The zero-order valence-corrected chi connectivity index (χ0v) is 22.2. The van der Waals surface area contributed by atoms with Gasteiger partial charge in [0.05, 0.1) is 7.11 Å². The average Bonchev–Trinajstić information content (AvgIpc) is 2.83. The van der Waals surface area contributed by atoms with Gasteiger partial charge in [-0.25, -0.2) is 0 Å². The number of aryl methyl sites for hydroxylation is 2. The minimum Gasteiger partial charge on any atom is -0.497 e. The van der Waals surface area contributed by atoms with Gasteiger partial charge in [-0.1, -0.05) is 46.5 Å². The van der Waals surface area contributed by atoms with Crippen LogP contribution in [0.2, 0.25) is 0 Å². The SMILES string of the molecule is CC.CCCCCCCNC1CCN(CC(N)c2ccnc(C)ccc(OC)cc2C)CC1. The molecule has 3 N–H and O–H groups in total. The number of methoxy groups -OCH3 is 1. The number of ether oxygens (including phenoxy) is 1. The number of likely N-dealkylation sites (tertiary alicyclic amines) is 1. The topological polar surface area (TPSA) is 63.4 Å². The molecule has 2 heterocycles. The van der Waals surface area contributed by atoms with Gasteiger partial charge in [0.1, 0.15) is 5.75 Å². The Balaban J connectivity index is 0.00000265. The molecule has 1 fully saturated rings. The lowest BCUT2D eigenvalue weighted by atomic mass is 10.0. The highest BCUT2D eigenvalue weighted by atomic mass is 16.5. The maximum Gasteiger partial charge on any atom is 0.119 e. The molecule has 1 aliphatic rings. The summed E-state index contributed by atoms with van der Waals surface area (Å²) < 4.78 is 5.49. The molecule has 1 saturated heterocycles. The second-order valence-electron chi connectivity index (χ2n) is 8.86. The van der Waals surface area contributed by atoms with E-state index >= 15 is 0 Å². The average molecular weight is 459 g/mol. The number of unbranched alkanes of at least 4 members (excludes halogenated alkanes) is 4. The highest BCUT2D eigenvalue weighted by molar-refractivity contribution is 5.31. The van der Waals surface area contributed by atoms with Crippen LogP contribution in [0.3, 0.4) is 0 Å². The monoisotopic (exact) mass is 458 g/mol. The van der Waals surface area contributed by atoms with Gasteiger partial charge in [0.2, 0.25) is 0 Å². The third kappa shape index (κ3) is 11.8. The molecule has 1 atom stereocenters. The Bertz CT molecular complexity index is 700. The quantitative estimate of drug-likeness (QED) is 0.405. The minimum absolute atomic E-state index is 0.0485. The number of aromatic nitrogens is 1. The van der Waals surface area contributed by atoms with Crippen LogP contribution in [0, 0.1) is 13.8 Å². The summed E-state index contributed by atoms with van der Waals surface area (Å²) in [5, 5.41) is 3.77. The third-order valence-corrected chi connectivity index (χ3v) is 6.23. The Labute approximate surface area is 203 Å². The molecule has 0 radical (unpaired) electrons. The lowest BCUT2D eigenvalue weighted by molar-refractivity contribution is 0.188. The van der Waals surface area contributed by atoms with Gasteiger partial charge in [0.25, 0.3) is 0 Å². The minimum atomic E-state index is -0.0485. The molecule has 1 aromatic rings. The van der Waals surface area contributed by atoms with E-state index in [0.29, 0.717) is 6.04 Å². The van der Waals surface area contributed by atoms with Gasteiger partial charge in [0, 0.05) is 30.5 Å². The van der Waals surface area contributed by atoms with Crippen molar-refractivity contribution in [3.63, 3.8) is 0 Å². The van der Waals surface area contributed by atoms with E-state index in [1.807, 2.05) is 39.1 Å². The van der Waals surface area contributed by atoms with Gasteiger partial charge in [-0.05, 0) is 88.1 Å². The van der Waals surface area contributed by atoms with Gasteiger partial charge < -0.3 is 20.7 Å². The van der Waals surface area contributed by atoms with Crippen molar-refractivity contribution < 1.29 is 4.74 Å². The summed E-state index contributed by atoms with van der Waals surface area (Å²) in [5.41, 5.74) is 9.85. The fourth-order valence-electron chi connectivity index (χ4n) is 4.23. The molecule has 0 aromatic carbocycles. The molecule has 0 aliphatic carbocycles. The van der Waals surface area contributed by atoms with Crippen molar-refractivity contribution in [2.24, 2.45) is 5.73 Å². The number of nitrogens with one attached hydrogen (secondary N) is 1. The molecule has 0 amide bonds. The highest BCUT2D eigenvalue weighted by Crippen LogP contribution is 2.20. The van der Waals surface area contributed by atoms with E-state index in [1.165, 1.54) is 44.9 Å². The van der Waals surface area contributed by atoms with E-state index in [9.17, 15) is 0 Å². The van der Waals surface area contributed by atoms with Gasteiger partial charge in [-0.15, -0.1) is 0 Å².